The number of rotatable bonds is 6. The van der Waals surface area contributed by atoms with Gasteiger partial charge < -0.3 is 15.5 Å². The van der Waals surface area contributed by atoms with Crippen LogP contribution in [0.4, 0.5) is 4.79 Å². The van der Waals surface area contributed by atoms with Gasteiger partial charge >= 0.3 is 6.03 Å². The summed E-state index contributed by atoms with van der Waals surface area (Å²) in [6, 6.07) is 8.77. The van der Waals surface area contributed by atoms with Crippen molar-refractivity contribution in [2.45, 2.75) is 58.0 Å². The molecule has 1 saturated carbocycles. The first-order chi connectivity index (χ1) is 11.7. The van der Waals surface area contributed by atoms with E-state index in [1.165, 1.54) is 6.42 Å². The topological polar surface area (TPSA) is 61.4 Å². The van der Waals surface area contributed by atoms with Gasteiger partial charge in [0.2, 0.25) is 5.91 Å². The van der Waals surface area contributed by atoms with E-state index in [2.05, 4.69) is 10.6 Å². The summed E-state index contributed by atoms with van der Waals surface area (Å²) in [4.78, 5) is 27.0. The highest BCUT2D eigenvalue weighted by Gasteiger charge is 2.27. The molecule has 1 aliphatic carbocycles. The van der Waals surface area contributed by atoms with Crippen molar-refractivity contribution >= 4 is 11.9 Å². The molecule has 5 heteroatoms. The summed E-state index contributed by atoms with van der Waals surface area (Å²) < 4.78 is 0. The van der Waals surface area contributed by atoms with Gasteiger partial charge in [0.25, 0.3) is 0 Å². The van der Waals surface area contributed by atoms with Crippen molar-refractivity contribution in [1.29, 1.82) is 0 Å². The van der Waals surface area contributed by atoms with E-state index in [1.807, 2.05) is 44.2 Å². The average molecular weight is 331 g/mol. The van der Waals surface area contributed by atoms with Crippen molar-refractivity contribution < 1.29 is 9.59 Å². The van der Waals surface area contributed by atoms with E-state index >= 15 is 0 Å². The van der Waals surface area contributed by atoms with Gasteiger partial charge in [0.15, 0.2) is 0 Å². The molecule has 0 bridgehead atoms. The molecule has 0 spiro atoms. The van der Waals surface area contributed by atoms with E-state index in [-0.39, 0.29) is 18.0 Å². The van der Waals surface area contributed by atoms with Crippen molar-refractivity contribution in [3.05, 3.63) is 35.9 Å². The maximum atomic E-state index is 12.8. The van der Waals surface area contributed by atoms with E-state index in [4.69, 9.17) is 0 Å². The van der Waals surface area contributed by atoms with Crippen molar-refractivity contribution in [2.24, 2.45) is 0 Å². The highest BCUT2D eigenvalue weighted by molar-refractivity contribution is 5.88. The predicted octanol–water partition coefficient (Wildman–Crippen LogP) is 3.23. The van der Waals surface area contributed by atoms with Gasteiger partial charge in [-0.05, 0) is 32.3 Å². The van der Waals surface area contributed by atoms with Gasteiger partial charge in [0.1, 0.15) is 6.04 Å². The first-order valence-electron chi connectivity index (χ1n) is 9.06. The number of hydrogen-bond acceptors (Lipinski definition) is 2. The van der Waals surface area contributed by atoms with Crippen LogP contribution in [0.25, 0.3) is 0 Å². The molecular formula is C19H29N3O2. The van der Waals surface area contributed by atoms with Gasteiger partial charge in [-0.3, -0.25) is 4.79 Å². The van der Waals surface area contributed by atoms with Gasteiger partial charge in [-0.2, -0.15) is 0 Å². The maximum absolute atomic E-state index is 12.8. The average Bonchev–Trinajstić information content (AvgIpc) is 2.62. The molecule has 0 saturated heterocycles. The van der Waals surface area contributed by atoms with Crippen LogP contribution in [-0.2, 0) is 4.79 Å². The fourth-order valence-electron chi connectivity index (χ4n) is 3.26. The Balaban J connectivity index is 2.07. The van der Waals surface area contributed by atoms with Crippen molar-refractivity contribution in [2.75, 3.05) is 13.1 Å². The summed E-state index contributed by atoms with van der Waals surface area (Å²) in [6.07, 6.45) is 5.60. The Hall–Kier alpha value is -2.04. The summed E-state index contributed by atoms with van der Waals surface area (Å²) in [5.74, 6) is -0.0648. The number of nitrogens with zero attached hydrogens (tertiary/aromatic N) is 1. The summed E-state index contributed by atoms with van der Waals surface area (Å²) in [6.45, 7) is 5.16. The van der Waals surface area contributed by atoms with E-state index in [0.717, 1.165) is 31.2 Å². The van der Waals surface area contributed by atoms with Crippen molar-refractivity contribution in [3.8, 4) is 0 Å². The lowest BCUT2D eigenvalue weighted by molar-refractivity contribution is -0.133. The van der Waals surface area contributed by atoms with Gasteiger partial charge in [-0.1, -0.05) is 49.6 Å². The number of urea groups is 1. The molecule has 24 heavy (non-hydrogen) atoms. The zero-order valence-electron chi connectivity index (χ0n) is 14.8. The fraction of sp³-hybridized carbons (Fsp3) is 0.579. The van der Waals surface area contributed by atoms with E-state index in [0.29, 0.717) is 13.1 Å². The molecule has 2 rings (SSSR count). The number of amides is 3. The first-order valence-corrected chi connectivity index (χ1v) is 9.06. The van der Waals surface area contributed by atoms with Crippen LogP contribution >= 0.6 is 0 Å². The minimum atomic E-state index is -0.644. The van der Waals surface area contributed by atoms with Crippen LogP contribution in [0, 0.1) is 0 Å². The fourth-order valence-corrected chi connectivity index (χ4v) is 3.26. The Kier molecular flexibility index (Phi) is 7.09. The Morgan fingerprint density at radius 1 is 1.08 bits per heavy atom. The third-order valence-electron chi connectivity index (χ3n) is 4.67. The molecule has 1 aliphatic rings. The standard InChI is InChI=1S/C19H29N3O2/c1-3-22(4-2)18(23)17(15-11-7-5-8-12-15)21-19(24)20-16-13-9-6-10-14-16/h5,7-8,11-12,16-17H,3-4,6,9-10,13-14H2,1-2H3,(H2,20,21,24)/t17-/m0/s1. The molecule has 1 aromatic rings. The predicted molar refractivity (Wildman–Crippen MR) is 95.7 cm³/mol. The molecule has 0 heterocycles. The molecule has 0 aromatic heterocycles. The normalized spacial score (nSPS) is 16.2. The lowest BCUT2D eigenvalue weighted by Crippen LogP contribution is -2.48. The summed E-state index contributed by atoms with van der Waals surface area (Å²) >= 11 is 0. The van der Waals surface area contributed by atoms with Gasteiger partial charge in [-0.15, -0.1) is 0 Å². The molecule has 1 aromatic carbocycles. The number of likely N-dealkylation sites (N-methyl/N-ethyl adjacent to an activating group) is 1. The van der Waals surface area contributed by atoms with E-state index in [1.54, 1.807) is 4.90 Å². The highest BCUT2D eigenvalue weighted by Crippen LogP contribution is 2.18. The second-order valence-corrected chi connectivity index (χ2v) is 6.31. The smallest absolute Gasteiger partial charge is 0.315 e. The zero-order valence-corrected chi connectivity index (χ0v) is 14.8. The molecule has 3 amide bonds. The zero-order chi connectivity index (χ0) is 17.4. The third-order valence-corrected chi connectivity index (χ3v) is 4.67. The van der Waals surface area contributed by atoms with Crippen LogP contribution < -0.4 is 10.6 Å². The van der Waals surface area contributed by atoms with E-state index in [9.17, 15) is 9.59 Å². The van der Waals surface area contributed by atoms with Gasteiger partial charge in [-0.25, -0.2) is 4.79 Å². The minimum absolute atomic E-state index is 0.0648. The van der Waals surface area contributed by atoms with Crippen LogP contribution in [0.1, 0.15) is 57.6 Å². The summed E-state index contributed by atoms with van der Waals surface area (Å²) in [7, 11) is 0. The van der Waals surface area contributed by atoms with Gasteiger partial charge in [0.05, 0.1) is 0 Å². The largest absolute Gasteiger partial charge is 0.341 e. The molecule has 2 N–H and O–H groups in total. The Labute approximate surface area is 144 Å². The van der Waals surface area contributed by atoms with Gasteiger partial charge in [0, 0.05) is 19.1 Å². The number of hydrogen-bond donors (Lipinski definition) is 2. The molecule has 1 fully saturated rings. The number of carbonyl (C=O) groups is 2. The maximum Gasteiger partial charge on any atom is 0.315 e. The second-order valence-electron chi connectivity index (χ2n) is 6.31. The molecule has 1 atom stereocenters. The number of carbonyl (C=O) groups excluding carboxylic acids is 2. The minimum Gasteiger partial charge on any atom is -0.341 e. The SMILES string of the molecule is CCN(CC)C(=O)[C@@H](NC(=O)NC1CCCCC1)c1ccccc1. The molecule has 0 aliphatic heterocycles. The second kappa shape index (κ2) is 9.30. The lowest BCUT2D eigenvalue weighted by Gasteiger charge is -2.28. The Morgan fingerprint density at radius 3 is 2.29 bits per heavy atom. The molecule has 5 nitrogen and oxygen atoms in total. The Bertz CT molecular complexity index is 523. The highest BCUT2D eigenvalue weighted by atomic mass is 16.2. The van der Waals surface area contributed by atoms with E-state index < -0.39 is 6.04 Å². The monoisotopic (exact) mass is 331 g/mol. The Morgan fingerprint density at radius 2 is 1.71 bits per heavy atom. The molecule has 132 valence electrons. The van der Waals surface area contributed by atoms with Crippen molar-refractivity contribution in [1.82, 2.24) is 15.5 Å². The first kappa shape index (κ1) is 18.3. The summed E-state index contributed by atoms with van der Waals surface area (Å²) in [5.41, 5.74) is 0.813. The van der Waals surface area contributed by atoms with Crippen LogP contribution in [0.2, 0.25) is 0 Å². The lowest BCUT2D eigenvalue weighted by atomic mass is 9.96. The van der Waals surface area contributed by atoms with Crippen molar-refractivity contribution in [3.63, 3.8) is 0 Å². The molecule has 0 radical (unpaired) electrons. The molecule has 0 unspecified atom stereocenters. The third kappa shape index (κ3) is 4.98. The quantitative estimate of drug-likeness (QED) is 0.841. The van der Waals surface area contributed by atoms with Crippen LogP contribution in [-0.4, -0.2) is 36.0 Å². The van der Waals surface area contributed by atoms with Crippen LogP contribution in [0.5, 0.6) is 0 Å². The van der Waals surface area contributed by atoms with Crippen LogP contribution in [0.3, 0.4) is 0 Å². The summed E-state index contributed by atoms with van der Waals surface area (Å²) in [5, 5.41) is 5.92. The molecular weight excluding hydrogens is 302 g/mol. The number of benzene rings is 1. The number of nitrogens with one attached hydrogen (secondary N) is 2. The van der Waals surface area contributed by atoms with Crippen LogP contribution in [0.15, 0.2) is 30.3 Å².